The first kappa shape index (κ1) is 31.0. The second-order valence-electron chi connectivity index (χ2n) is 12.9. The summed E-state index contributed by atoms with van der Waals surface area (Å²) in [6, 6.07) is 14.5. The number of hydrogen-bond donors (Lipinski definition) is 1. The zero-order chi connectivity index (χ0) is 30.7. The fourth-order valence-electron chi connectivity index (χ4n) is 7.27. The van der Waals surface area contributed by atoms with Crippen molar-refractivity contribution in [1.29, 1.82) is 0 Å². The molecule has 2 aliphatic heterocycles. The normalized spacial score (nSPS) is 20.0. The Kier molecular flexibility index (Phi) is 9.31. The van der Waals surface area contributed by atoms with Crippen molar-refractivity contribution in [1.82, 2.24) is 20.2 Å². The van der Waals surface area contributed by atoms with Crippen LogP contribution in [0.2, 0.25) is 0 Å². The molecule has 3 fully saturated rings. The van der Waals surface area contributed by atoms with Crippen LogP contribution in [-0.2, 0) is 16.7 Å². The Morgan fingerprint density at radius 2 is 1.70 bits per heavy atom. The van der Waals surface area contributed by atoms with Gasteiger partial charge in [-0.2, -0.15) is 13.2 Å². The highest BCUT2D eigenvalue weighted by molar-refractivity contribution is 5.90. The fraction of sp³-hybridized carbons (Fsp3) is 0.588. The van der Waals surface area contributed by atoms with E-state index >= 15 is 0 Å². The summed E-state index contributed by atoms with van der Waals surface area (Å²) in [5.41, 5.74) is 2.26. The minimum atomic E-state index is -4.39. The molecule has 1 aliphatic carbocycles. The second kappa shape index (κ2) is 13.2. The van der Waals surface area contributed by atoms with E-state index in [2.05, 4.69) is 69.4 Å². The number of para-hydroxylation sites is 1. The van der Waals surface area contributed by atoms with Crippen molar-refractivity contribution < 1.29 is 17.9 Å². The van der Waals surface area contributed by atoms with Crippen LogP contribution < -0.4 is 15.1 Å². The maximum Gasteiger partial charge on any atom is 0.401 e. The third kappa shape index (κ3) is 6.39. The van der Waals surface area contributed by atoms with Crippen molar-refractivity contribution in [2.45, 2.75) is 62.6 Å². The van der Waals surface area contributed by atoms with Gasteiger partial charge in [-0.15, -0.1) is 0 Å². The highest BCUT2D eigenvalue weighted by atomic mass is 19.4. The third-order valence-electron chi connectivity index (χ3n) is 9.86. The lowest BCUT2D eigenvalue weighted by molar-refractivity contribution is -0.191. The van der Waals surface area contributed by atoms with Gasteiger partial charge in [0.25, 0.3) is 0 Å². The Labute approximate surface area is 258 Å². The van der Waals surface area contributed by atoms with Crippen molar-refractivity contribution in [3.05, 3.63) is 59.4 Å². The highest BCUT2D eigenvalue weighted by Crippen LogP contribution is 2.52. The molecule has 0 atom stereocenters. The molecule has 7 nitrogen and oxygen atoms in total. The molecular formula is C34H45F3N6O. The van der Waals surface area contributed by atoms with Crippen LogP contribution in [0.5, 0.6) is 0 Å². The third-order valence-corrected chi connectivity index (χ3v) is 9.86. The van der Waals surface area contributed by atoms with Gasteiger partial charge in [-0.05, 0) is 60.9 Å². The smallest absolute Gasteiger partial charge is 0.379 e. The van der Waals surface area contributed by atoms with Crippen LogP contribution >= 0.6 is 0 Å². The summed E-state index contributed by atoms with van der Waals surface area (Å²) in [4.78, 5) is 16.2. The van der Waals surface area contributed by atoms with E-state index in [4.69, 9.17) is 9.72 Å². The van der Waals surface area contributed by atoms with Crippen LogP contribution in [0.1, 0.15) is 61.4 Å². The lowest BCUT2D eigenvalue weighted by atomic mass is 9.84. The van der Waals surface area contributed by atoms with Crippen LogP contribution in [-0.4, -0.2) is 87.6 Å². The standard InChI is InChI=1S/C34H45F3N6O/c1-41(2)30-8-4-3-7-27(30)26-11-16-43(17-12-26)31-28-23-25(24-38-15-18-42-19-21-44-22-20-42)9-10-29(28)39-32(40-31)33(34(35,36)37)13-5-6-14-33/h3-4,7-10,23,26,38H,5-6,11-22,24H2,1-2H3. The van der Waals surface area contributed by atoms with Gasteiger partial charge in [0.15, 0.2) is 0 Å². The molecule has 44 heavy (non-hydrogen) atoms. The predicted octanol–water partition coefficient (Wildman–Crippen LogP) is 5.88. The molecule has 3 aliphatic rings. The average molecular weight is 611 g/mol. The number of morpholine rings is 1. The van der Waals surface area contributed by atoms with Crippen LogP contribution in [0.4, 0.5) is 24.7 Å². The number of alkyl halides is 3. The molecular weight excluding hydrogens is 565 g/mol. The Morgan fingerprint density at radius 1 is 0.977 bits per heavy atom. The Balaban J connectivity index is 1.27. The Bertz CT molecular complexity index is 1410. The highest BCUT2D eigenvalue weighted by Gasteiger charge is 2.59. The number of anilines is 2. The van der Waals surface area contributed by atoms with Gasteiger partial charge in [-0.1, -0.05) is 37.1 Å². The van der Waals surface area contributed by atoms with Gasteiger partial charge < -0.3 is 19.9 Å². The van der Waals surface area contributed by atoms with Gasteiger partial charge in [0.1, 0.15) is 17.1 Å². The minimum Gasteiger partial charge on any atom is -0.379 e. The molecule has 0 bridgehead atoms. The van der Waals surface area contributed by atoms with Crippen LogP contribution in [0.15, 0.2) is 42.5 Å². The summed E-state index contributed by atoms with van der Waals surface area (Å²) in [6.07, 6.45) is -1.37. The fourth-order valence-corrected chi connectivity index (χ4v) is 7.27. The number of nitrogens with one attached hydrogen (secondary N) is 1. The summed E-state index contributed by atoms with van der Waals surface area (Å²) in [6.45, 7) is 7.44. The van der Waals surface area contributed by atoms with Gasteiger partial charge in [0, 0.05) is 71.0 Å². The van der Waals surface area contributed by atoms with E-state index in [1.54, 1.807) is 0 Å². The first-order valence-electron chi connectivity index (χ1n) is 16.1. The first-order valence-corrected chi connectivity index (χ1v) is 16.1. The topological polar surface area (TPSA) is 56.8 Å². The maximum absolute atomic E-state index is 14.7. The molecule has 3 heterocycles. The van der Waals surface area contributed by atoms with Crippen molar-refractivity contribution in [2.75, 3.05) is 76.4 Å². The molecule has 3 aromatic rings. The van der Waals surface area contributed by atoms with E-state index in [9.17, 15) is 13.2 Å². The summed E-state index contributed by atoms with van der Waals surface area (Å²) >= 11 is 0. The molecule has 1 aromatic heterocycles. The largest absolute Gasteiger partial charge is 0.401 e. The van der Waals surface area contributed by atoms with Gasteiger partial charge >= 0.3 is 6.18 Å². The molecule has 6 rings (SSSR count). The number of aromatic nitrogens is 2. The van der Waals surface area contributed by atoms with Crippen molar-refractivity contribution in [3.63, 3.8) is 0 Å². The zero-order valence-corrected chi connectivity index (χ0v) is 26.0. The number of nitrogens with zero attached hydrogens (tertiary/aromatic N) is 5. The van der Waals surface area contributed by atoms with Gasteiger partial charge in [-0.25, -0.2) is 9.97 Å². The molecule has 0 radical (unpaired) electrons. The van der Waals surface area contributed by atoms with Crippen molar-refractivity contribution >= 4 is 22.4 Å². The molecule has 0 unspecified atom stereocenters. The quantitative estimate of drug-likeness (QED) is 0.304. The van der Waals surface area contributed by atoms with Gasteiger partial charge in [-0.3, -0.25) is 4.90 Å². The Hall–Kier alpha value is -2.95. The molecule has 2 saturated heterocycles. The average Bonchev–Trinajstić information content (AvgIpc) is 3.55. The zero-order valence-electron chi connectivity index (χ0n) is 26.0. The SMILES string of the molecule is CN(C)c1ccccc1C1CCN(c2nc(C3(C(F)(F)F)CCCC3)nc3ccc(CNCCN4CCOCC4)cc23)CC1. The van der Waals surface area contributed by atoms with E-state index in [0.717, 1.165) is 76.3 Å². The van der Waals surface area contributed by atoms with E-state index < -0.39 is 11.6 Å². The second-order valence-corrected chi connectivity index (χ2v) is 12.9. The number of hydrogen-bond acceptors (Lipinski definition) is 7. The van der Waals surface area contributed by atoms with E-state index in [1.807, 2.05) is 12.1 Å². The van der Waals surface area contributed by atoms with Crippen molar-refractivity contribution in [3.8, 4) is 0 Å². The Morgan fingerprint density at radius 3 is 2.41 bits per heavy atom. The molecule has 238 valence electrons. The van der Waals surface area contributed by atoms with E-state index in [-0.39, 0.29) is 18.7 Å². The van der Waals surface area contributed by atoms with Gasteiger partial charge in [0.05, 0.1) is 18.7 Å². The molecule has 1 saturated carbocycles. The van der Waals surface area contributed by atoms with E-state index in [0.29, 0.717) is 36.6 Å². The molecule has 0 spiro atoms. The van der Waals surface area contributed by atoms with Crippen LogP contribution in [0, 0.1) is 0 Å². The van der Waals surface area contributed by atoms with Crippen LogP contribution in [0.3, 0.4) is 0 Å². The lowest BCUT2D eigenvalue weighted by Gasteiger charge is -2.36. The summed E-state index contributed by atoms with van der Waals surface area (Å²) in [5, 5.41) is 4.38. The monoisotopic (exact) mass is 610 g/mol. The molecule has 0 amide bonds. The lowest BCUT2D eigenvalue weighted by Crippen LogP contribution is -2.42. The van der Waals surface area contributed by atoms with Gasteiger partial charge in [0.2, 0.25) is 0 Å². The number of halogens is 3. The number of benzene rings is 2. The minimum absolute atomic E-state index is 0.0516. The summed E-state index contributed by atoms with van der Waals surface area (Å²) in [7, 11) is 4.13. The predicted molar refractivity (Wildman–Crippen MR) is 170 cm³/mol. The summed E-state index contributed by atoms with van der Waals surface area (Å²) in [5.74, 6) is 0.983. The van der Waals surface area contributed by atoms with Crippen molar-refractivity contribution in [2.24, 2.45) is 0 Å². The number of rotatable bonds is 9. The maximum atomic E-state index is 14.7. The first-order chi connectivity index (χ1) is 21.2. The number of piperidine rings is 1. The molecule has 10 heteroatoms. The summed E-state index contributed by atoms with van der Waals surface area (Å²) < 4.78 is 49.5. The number of ether oxygens (including phenoxy) is 1. The van der Waals surface area contributed by atoms with E-state index in [1.165, 1.54) is 11.3 Å². The number of fused-ring (bicyclic) bond motifs is 1. The van der Waals surface area contributed by atoms with Crippen LogP contribution in [0.25, 0.3) is 10.9 Å². The molecule has 2 aromatic carbocycles. The molecule has 1 N–H and O–H groups in total.